The molecular weight excluding hydrogens is 541 g/mol. The van der Waals surface area contributed by atoms with Crippen LogP contribution < -0.4 is 10.1 Å². The number of hydrogen-bond acceptors (Lipinski definition) is 7. The van der Waals surface area contributed by atoms with Crippen LogP contribution in [0.5, 0.6) is 11.5 Å². The molecule has 0 aromatic heterocycles. The molecule has 3 N–H and O–H groups in total. The first-order valence-electron chi connectivity index (χ1n) is 10.6. The van der Waals surface area contributed by atoms with Gasteiger partial charge in [-0.25, -0.2) is 0 Å². The first-order valence-corrected chi connectivity index (χ1v) is 12.8. The van der Waals surface area contributed by atoms with E-state index in [1.807, 2.05) is 0 Å². The second-order valence-electron chi connectivity index (χ2n) is 7.87. The lowest BCUT2D eigenvalue weighted by Gasteiger charge is -2.13. The number of nitrogens with zero attached hydrogens (tertiary/aromatic N) is 2. The van der Waals surface area contributed by atoms with E-state index in [1.165, 1.54) is 19.2 Å². The SMILES string of the molecule is COc1ccc(Cl)c(NC(=O)c2cc3ccccc3c(N=Nc3cc(S(=O)(=O)O)cc(Cl)c3C)c2O)c1. The Balaban J connectivity index is 1.82. The Hall–Kier alpha value is -3.70. The number of azo groups is 1. The Kier molecular flexibility index (Phi) is 7.37. The van der Waals surface area contributed by atoms with Gasteiger partial charge in [0.2, 0.25) is 0 Å². The van der Waals surface area contributed by atoms with Gasteiger partial charge in [-0.15, -0.1) is 5.11 Å². The monoisotopic (exact) mass is 559 g/mol. The van der Waals surface area contributed by atoms with Gasteiger partial charge in [-0.2, -0.15) is 13.5 Å². The van der Waals surface area contributed by atoms with Crippen LogP contribution in [0.2, 0.25) is 10.0 Å². The van der Waals surface area contributed by atoms with E-state index in [4.69, 9.17) is 27.9 Å². The van der Waals surface area contributed by atoms with Crippen molar-refractivity contribution in [3.05, 3.63) is 81.8 Å². The van der Waals surface area contributed by atoms with Gasteiger partial charge in [0.05, 0.1) is 34.0 Å². The Morgan fingerprint density at radius 3 is 2.43 bits per heavy atom. The van der Waals surface area contributed by atoms with Crippen molar-refractivity contribution in [1.29, 1.82) is 0 Å². The van der Waals surface area contributed by atoms with Gasteiger partial charge in [0.1, 0.15) is 11.4 Å². The maximum atomic E-state index is 13.2. The van der Waals surface area contributed by atoms with Gasteiger partial charge in [-0.3, -0.25) is 9.35 Å². The molecule has 0 fully saturated rings. The van der Waals surface area contributed by atoms with Gasteiger partial charge in [0.25, 0.3) is 16.0 Å². The molecule has 0 saturated carbocycles. The standard InChI is InChI=1S/C25H19Cl2N3O6S/c1-13-20(27)11-16(37(33,34)35)12-21(13)29-30-23-17-6-4-3-5-14(17)9-18(24(23)31)25(32)28-22-10-15(36-2)7-8-19(22)26/h3-12,31H,1-2H3,(H,28,32)(H,33,34,35). The largest absolute Gasteiger partial charge is 0.505 e. The number of phenolic OH excluding ortho intramolecular Hbond substituents is 1. The number of benzene rings is 4. The molecule has 9 nitrogen and oxygen atoms in total. The number of methoxy groups -OCH3 is 1. The number of halogens is 2. The Morgan fingerprint density at radius 2 is 1.73 bits per heavy atom. The van der Waals surface area contributed by atoms with Gasteiger partial charge in [-0.05, 0) is 48.2 Å². The summed E-state index contributed by atoms with van der Waals surface area (Å²) in [5.74, 6) is -0.658. The van der Waals surface area contributed by atoms with Crippen molar-refractivity contribution in [1.82, 2.24) is 0 Å². The van der Waals surface area contributed by atoms with Gasteiger partial charge in [-0.1, -0.05) is 47.5 Å². The van der Waals surface area contributed by atoms with Crippen molar-refractivity contribution in [3.63, 3.8) is 0 Å². The van der Waals surface area contributed by atoms with Gasteiger partial charge in [0.15, 0.2) is 5.75 Å². The summed E-state index contributed by atoms with van der Waals surface area (Å²) >= 11 is 12.3. The van der Waals surface area contributed by atoms with Gasteiger partial charge < -0.3 is 15.2 Å². The Morgan fingerprint density at radius 1 is 1.00 bits per heavy atom. The highest BCUT2D eigenvalue weighted by molar-refractivity contribution is 7.85. The molecule has 0 aliphatic heterocycles. The molecule has 0 saturated heterocycles. The van der Waals surface area contributed by atoms with Crippen LogP contribution in [0.15, 0.2) is 75.8 Å². The minimum Gasteiger partial charge on any atom is -0.505 e. The zero-order chi connectivity index (χ0) is 26.9. The fraction of sp³-hybridized carbons (Fsp3) is 0.0800. The van der Waals surface area contributed by atoms with E-state index in [9.17, 15) is 22.9 Å². The number of fused-ring (bicyclic) bond motifs is 1. The second kappa shape index (κ2) is 10.3. The zero-order valence-corrected chi connectivity index (χ0v) is 21.7. The van der Waals surface area contributed by atoms with Crippen molar-refractivity contribution < 1.29 is 27.6 Å². The number of ether oxygens (including phenoxy) is 1. The normalized spacial score (nSPS) is 11.7. The minimum atomic E-state index is -4.55. The average Bonchev–Trinajstić information content (AvgIpc) is 2.86. The van der Waals surface area contributed by atoms with Crippen molar-refractivity contribution in [2.45, 2.75) is 11.8 Å². The average molecular weight is 560 g/mol. The topological polar surface area (TPSA) is 138 Å². The van der Waals surface area contributed by atoms with Crippen LogP contribution in [0.1, 0.15) is 15.9 Å². The summed E-state index contributed by atoms with van der Waals surface area (Å²) in [4.78, 5) is 12.7. The molecule has 0 aliphatic rings. The maximum Gasteiger partial charge on any atom is 0.294 e. The quantitative estimate of drug-likeness (QED) is 0.170. The molecule has 0 bridgehead atoms. The van der Waals surface area contributed by atoms with Crippen LogP contribution in [0.4, 0.5) is 17.1 Å². The number of carbonyl (C=O) groups is 1. The van der Waals surface area contributed by atoms with E-state index in [-0.39, 0.29) is 32.7 Å². The maximum absolute atomic E-state index is 13.2. The third-order valence-corrected chi connectivity index (χ3v) is 7.06. The lowest BCUT2D eigenvalue weighted by Crippen LogP contribution is -2.12. The highest BCUT2D eigenvalue weighted by Crippen LogP contribution is 2.41. The first-order chi connectivity index (χ1) is 17.5. The van der Waals surface area contributed by atoms with Crippen LogP contribution in [-0.2, 0) is 10.1 Å². The summed E-state index contributed by atoms with van der Waals surface area (Å²) in [7, 11) is -3.08. The van der Waals surface area contributed by atoms with Crippen LogP contribution in [0, 0.1) is 6.92 Å². The fourth-order valence-corrected chi connectivity index (χ4v) is 4.48. The first kappa shape index (κ1) is 26.4. The van der Waals surface area contributed by atoms with E-state index in [0.29, 0.717) is 22.1 Å². The predicted molar refractivity (Wildman–Crippen MR) is 142 cm³/mol. The van der Waals surface area contributed by atoms with Crippen molar-refractivity contribution in [3.8, 4) is 11.5 Å². The Labute approximate surface area is 222 Å². The number of phenols is 1. The molecule has 0 atom stereocenters. The summed E-state index contributed by atoms with van der Waals surface area (Å²) in [5, 5.41) is 23.3. The number of hydrogen-bond donors (Lipinski definition) is 3. The molecule has 37 heavy (non-hydrogen) atoms. The van der Waals surface area contributed by atoms with Crippen molar-refractivity contribution >= 4 is 67.1 Å². The van der Waals surface area contributed by atoms with Crippen molar-refractivity contribution in [2.75, 3.05) is 12.4 Å². The Bertz CT molecular complexity index is 1690. The van der Waals surface area contributed by atoms with E-state index < -0.39 is 26.7 Å². The smallest absolute Gasteiger partial charge is 0.294 e. The lowest BCUT2D eigenvalue weighted by molar-refractivity contribution is 0.102. The molecule has 1 amide bonds. The molecule has 0 radical (unpaired) electrons. The molecule has 190 valence electrons. The van der Waals surface area contributed by atoms with Crippen LogP contribution in [-0.4, -0.2) is 31.1 Å². The molecule has 4 aromatic rings. The number of nitrogens with one attached hydrogen (secondary N) is 1. The number of aromatic hydroxyl groups is 1. The molecule has 4 rings (SSSR count). The van der Waals surface area contributed by atoms with Crippen LogP contribution >= 0.6 is 23.2 Å². The summed E-state index contributed by atoms with van der Waals surface area (Å²) in [6.45, 7) is 1.59. The molecule has 0 spiro atoms. The van der Waals surface area contributed by atoms with Gasteiger partial charge in [0, 0.05) is 16.5 Å². The third-order valence-electron chi connectivity index (χ3n) is 5.51. The van der Waals surface area contributed by atoms with Crippen LogP contribution in [0.3, 0.4) is 0 Å². The van der Waals surface area contributed by atoms with Crippen LogP contribution in [0.25, 0.3) is 10.8 Å². The zero-order valence-electron chi connectivity index (χ0n) is 19.4. The lowest BCUT2D eigenvalue weighted by atomic mass is 10.0. The highest BCUT2D eigenvalue weighted by Gasteiger charge is 2.20. The summed E-state index contributed by atoms with van der Waals surface area (Å²) in [6, 6.07) is 15.3. The molecule has 0 aliphatic carbocycles. The molecule has 4 aromatic carbocycles. The number of carbonyl (C=O) groups excluding carboxylic acids is 1. The van der Waals surface area contributed by atoms with Crippen molar-refractivity contribution in [2.24, 2.45) is 10.2 Å². The summed E-state index contributed by atoms with van der Waals surface area (Å²) in [5.41, 5.74) is 0.569. The molecule has 0 unspecified atom stereocenters. The number of amides is 1. The summed E-state index contributed by atoms with van der Waals surface area (Å²) in [6.07, 6.45) is 0. The third kappa shape index (κ3) is 5.52. The van der Waals surface area contributed by atoms with E-state index in [0.717, 1.165) is 12.1 Å². The number of rotatable bonds is 6. The van der Waals surface area contributed by atoms with Gasteiger partial charge >= 0.3 is 0 Å². The van der Waals surface area contributed by atoms with E-state index >= 15 is 0 Å². The molecule has 0 heterocycles. The fourth-order valence-electron chi connectivity index (χ4n) is 3.51. The summed E-state index contributed by atoms with van der Waals surface area (Å²) < 4.78 is 37.8. The second-order valence-corrected chi connectivity index (χ2v) is 10.1. The predicted octanol–water partition coefficient (Wildman–Crippen LogP) is 7.08. The number of anilines is 1. The van der Waals surface area contributed by atoms with E-state index in [2.05, 4.69) is 15.5 Å². The molecular formula is C25H19Cl2N3O6S. The minimum absolute atomic E-state index is 0.0345. The molecule has 12 heteroatoms. The van der Waals surface area contributed by atoms with E-state index in [1.54, 1.807) is 43.3 Å². The highest BCUT2D eigenvalue weighted by atomic mass is 35.5.